The van der Waals surface area contributed by atoms with E-state index >= 15 is 0 Å². The summed E-state index contributed by atoms with van der Waals surface area (Å²) < 4.78 is 0. The first-order valence-electron chi connectivity index (χ1n) is 7.72. The van der Waals surface area contributed by atoms with Crippen LogP contribution in [0.15, 0.2) is 30.3 Å². The molecule has 0 saturated heterocycles. The standard InChI is InChI=1S/C17H23NO2/c19-16(20)17(18-12-13-5-2-1-3-6-13)10-4-7-15(11-17)14-8-9-14/h1-3,5-6,14-15,18H,4,7-12H2,(H,19,20). The predicted octanol–water partition coefficient (Wildman–Crippen LogP) is 3.20. The van der Waals surface area contributed by atoms with Gasteiger partial charge in [0.1, 0.15) is 5.54 Å². The molecule has 0 radical (unpaired) electrons. The van der Waals surface area contributed by atoms with Crippen molar-refractivity contribution in [3.8, 4) is 0 Å². The zero-order valence-corrected chi connectivity index (χ0v) is 11.8. The van der Waals surface area contributed by atoms with Crippen molar-refractivity contribution in [3.63, 3.8) is 0 Å². The van der Waals surface area contributed by atoms with Gasteiger partial charge < -0.3 is 5.11 Å². The van der Waals surface area contributed by atoms with Gasteiger partial charge in [0.2, 0.25) is 0 Å². The van der Waals surface area contributed by atoms with Crippen LogP contribution in [0.2, 0.25) is 0 Å². The van der Waals surface area contributed by atoms with Gasteiger partial charge in [-0.15, -0.1) is 0 Å². The molecule has 2 saturated carbocycles. The van der Waals surface area contributed by atoms with Crippen molar-refractivity contribution >= 4 is 5.97 Å². The number of carboxylic acid groups (broad SMARTS) is 1. The highest BCUT2D eigenvalue weighted by atomic mass is 16.4. The Hall–Kier alpha value is -1.35. The average Bonchev–Trinajstić information content (AvgIpc) is 3.31. The van der Waals surface area contributed by atoms with E-state index in [1.165, 1.54) is 19.3 Å². The third-order valence-corrected chi connectivity index (χ3v) is 4.96. The van der Waals surface area contributed by atoms with Crippen molar-refractivity contribution in [1.29, 1.82) is 0 Å². The van der Waals surface area contributed by atoms with E-state index < -0.39 is 11.5 Å². The van der Waals surface area contributed by atoms with Crippen LogP contribution in [0.1, 0.15) is 44.1 Å². The van der Waals surface area contributed by atoms with E-state index in [-0.39, 0.29) is 0 Å². The third kappa shape index (κ3) is 2.88. The third-order valence-electron chi connectivity index (χ3n) is 4.96. The van der Waals surface area contributed by atoms with Crippen molar-refractivity contribution in [2.75, 3.05) is 0 Å². The highest BCUT2D eigenvalue weighted by molar-refractivity contribution is 5.79. The maximum Gasteiger partial charge on any atom is 0.323 e. The monoisotopic (exact) mass is 273 g/mol. The van der Waals surface area contributed by atoms with Crippen LogP contribution in [0.25, 0.3) is 0 Å². The summed E-state index contributed by atoms with van der Waals surface area (Å²) >= 11 is 0. The molecule has 1 aromatic carbocycles. The second kappa shape index (κ2) is 5.57. The van der Waals surface area contributed by atoms with Gasteiger partial charge in [-0.1, -0.05) is 43.2 Å². The van der Waals surface area contributed by atoms with Crippen LogP contribution in [0, 0.1) is 11.8 Å². The zero-order valence-electron chi connectivity index (χ0n) is 11.8. The van der Waals surface area contributed by atoms with E-state index in [9.17, 15) is 9.90 Å². The highest BCUT2D eigenvalue weighted by Crippen LogP contribution is 2.46. The fourth-order valence-corrected chi connectivity index (χ4v) is 3.59. The van der Waals surface area contributed by atoms with Crippen molar-refractivity contribution in [1.82, 2.24) is 5.32 Å². The molecular weight excluding hydrogens is 250 g/mol. The summed E-state index contributed by atoms with van der Waals surface area (Å²) in [6, 6.07) is 10.1. The van der Waals surface area contributed by atoms with Gasteiger partial charge in [-0.25, -0.2) is 0 Å². The van der Waals surface area contributed by atoms with Crippen molar-refractivity contribution in [2.45, 2.75) is 50.6 Å². The number of benzene rings is 1. The Morgan fingerprint density at radius 1 is 1.20 bits per heavy atom. The first-order valence-corrected chi connectivity index (χ1v) is 7.72. The summed E-state index contributed by atoms with van der Waals surface area (Å²) in [5, 5.41) is 13.1. The summed E-state index contributed by atoms with van der Waals surface area (Å²) in [5.41, 5.74) is 0.447. The largest absolute Gasteiger partial charge is 0.480 e. The van der Waals surface area contributed by atoms with E-state index in [1.54, 1.807) is 0 Å². The van der Waals surface area contributed by atoms with E-state index in [2.05, 4.69) is 5.32 Å². The van der Waals surface area contributed by atoms with Gasteiger partial charge in [0.25, 0.3) is 0 Å². The highest BCUT2D eigenvalue weighted by Gasteiger charge is 2.46. The fourth-order valence-electron chi connectivity index (χ4n) is 3.59. The molecule has 1 aromatic rings. The van der Waals surface area contributed by atoms with Gasteiger partial charge in [0, 0.05) is 6.54 Å². The second-order valence-corrected chi connectivity index (χ2v) is 6.42. The molecule has 0 aliphatic heterocycles. The molecular formula is C17H23NO2. The van der Waals surface area contributed by atoms with E-state index in [0.717, 1.165) is 30.7 Å². The normalized spacial score (nSPS) is 30.1. The summed E-state index contributed by atoms with van der Waals surface area (Å²) in [5.74, 6) is 0.745. The zero-order chi connectivity index (χ0) is 14.0. The van der Waals surface area contributed by atoms with E-state index in [4.69, 9.17) is 0 Å². The molecule has 2 N–H and O–H groups in total. The molecule has 0 spiro atoms. The topological polar surface area (TPSA) is 49.3 Å². The molecule has 2 fully saturated rings. The minimum Gasteiger partial charge on any atom is -0.480 e. The summed E-state index contributed by atoms with van der Waals surface area (Å²) in [4.78, 5) is 11.8. The molecule has 2 aliphatic rings. The molecule has 3 heteroatoms. The molecule has 0 amide bonds. The number of hydrogen-bond acceptors (Lipinski definition) is 2. The first kappa shape index (κ1) is 13.6. The molecule has 2 unspecified atom stereocenters. The summed E-state index contributed by atoms with van der Waals surface area (Å²) in [6.07, 6.45) is 6.43. The Labute approximate surface area is 120 Å². The lowest BCUT2D eigenvalue weighted by Gasteiger charge is -2.38. The van der Waals surface area contributed by atoms with Crippen LogP contribution in [0.4, 0.5) is 0 Å². The molecule has 0 aromatic heterocycles. The Balaban J connectivity index is 1.69. The van der Waals surface area contributed by atoms with Gasteiger partial charge in [-0.05, 0) is 43.1 Å². The minimum atomic E-state index is -0.707. The van der Waals surface area contributed by atoms with Crippen molar-refractivity contribution < 1.29 is 9.90 Å². The molecule has 2 aliphatic carbocycles. The van der Waals surface area contributed by atoms with Crippen LogP contribution in [-0.2, 0) is 11.3 Å². The van der Waals surface area contributed by atoms with Crippen LogP contribution in [0.5, 0.6) is 0 Å². The van der Waals surface area contributed by atoms with Crippen LogP contribution >= 0.6 is 0 Å². The lowest BCUT2D eigenvalue weighted by Crippen LogP contribution is -2.54. The van der Waals surface area contributed by atoms with Crippen molar-refractivity contribution in [3.05, 3.63) is 35.9 Å². The molecule has 20 heavy (non-hydrogen) atoms. The molecule has 0 heterocycles. The Morgan fingerprint density at radius 2 is 1.95 bits per heavy atom. The molecule has 0 bridgehead atoms. The molecule has 108 valence electrons. The van der Waals surface area contributed by atoms with Crippen LogP contribution < -0.4 is 5.32 Å². The van der Waals surface area contributed by atoms with Gasteiger partial charge in [0.05, 0.1) is 0 Å². The lowest BCUT2D eigenvalue weighted by atomic mass is 9.73. The van der Waals surface area contributed by atoms with Gasteiger partial charge in [0.15, 0.2) is 0 Å². The summed E-state index contributed by atoms with van der Waals surface area (Å²) in [7, 11) is 0. The van der Waals surface area contributed by atoms with Gasteiger partial charge in [-0.3, -0.25) is 10.1 Å². The SMILES string of the molecule is O=C(O)C1(NCc2ccccc2)CCCC(C2CC2)C1. The average molecular weight is 273 g/mol. The predicted molar refractivity (Wildman–Crippen MR) is 78.3 cm³/mol. The molecule has 3 rings (SSSR count). The van der Waals surface area contributed by atoms with E-state index in [0.29, 0.717) is 12.5 Å². The molecule has 3 nitrogen and oxygen atoms in total. The van der Waals surface area contributed by atoms with Gasteiger partial charge >= 0.3 is 5.97 Å². The number of rotatable bonds is 5. The van der Waals surface area contributed by atoms with E-state index in [1.807, 2.05) is 30.3 Å². The number of aliphatic carboxylic acids is 1. The molecule has 2 atom stereocenters. The Bertz CT molecular complexity index is 469. The fraction of sp³-hybridized carbons (Fsp3) is 0.588. The Morgan fingerprint density at radius 3 is 2.60 bits per heavy atom. The smallest absolute Gasteiger partial charge is 0.323 e. The van der Waals surface area contributed by atoms with Crippen LogP contribution in [-0.4, -0.2) is 16.6 Å². The Kier molecular flexibility index (Phi) is 3.79. The minimum absolute atomic E-state index is 0.614. The first-order chi connectivity index (χ1) is 9.70. The number of carboxylic acids is 1. The van der Waals surface area contributed by atoms with Gasteiger partial charge in [-0.2, -0.15) is 0 Å². The second-order valence-electron chi connectivity index (χ2n) is 6.42. The quantitative estimate of drug-likeness (QED) is 0.866. The number of nitrogens with one attached hydrogen (secondary N) is 1. The number of carbonyl (C=O) groups is 1. The summed E-state index contributed by atoms with van der Waals surface area (Å²) in [6.45, 7) is 0.643. The van der Waals surface area contributed by atoms with Crippen molar-refractivity contribution in [2.24, 2.45) is 11.8 Å². The maximum atomic E-state index is 11.8. The lowest BCUT2D eigenvalue weighted by molar-refractivity contribution is -0.147. The maximum absolute atomic E-state index is 11.8. The van der Waals surface area contributed by atoms with Crippen LogP contribution in [0.3, 0.4) is 0 Å². The number of hydrogen-bond donors (Lipinski definition) is 2.